The molecule has 2 aromatic carbocycles. The van der Waals surface area contributed by atoms with Crippen molar-refractivity contribution in [2.75, 3.05) is 16.9 Å². The van der Waals surface area contributed by atoms with E-state index in [0.717, 1.165) is 16.9 Å². The molecule has 0 fully saturated rings. The fourth-order valence-electron chi connectivity index (χ4n) is 2.96. The molecule has 0 bridgehead atoms. The highest BCUT2D eigenvalue weighted by atomic mass is 16.5. The molecule has 1 atom stereocenters. The summed E-state index contributed by atoms with van der Waals surface area (Å²) in [5.74, 6) is 0.561. The average Bonchev–Trinajstić information content (AvgIpc) is 2.76. The number of carbonyl (C=O) groups is 1. The van der Waals surface area contributed by atoms with Gasteiger partial charge in [0.25, 0.3) is 11.6 Å². The molecule has 2 aromatic rings. The second-order valence-corrected chi connectivity index (χ2v) is 5.10. The van der Waals surface area contributed by atoms with Crippen molar-refractivity contribution in [2.24, 2.45) is 0 Å². The Kier molecular flexibility index (Phi) is 2.46. The largest absolute Gasteiger partial charge is 0.455 e. The van der Waals surface area contributed by atoms with Gasteiger partial charge in [0.2, 0.25) is 0 Å². The van der Waals surface area contributed by atoms with Gasteiger partial charge in [-0.15, -0.1) is 0 Å². The molecule has 0 saturated carbocycles. The summed E-state index contributed by atoms with van der Waals surface area (Å²) in [4.78, 5) is 14.6. The van der Waals surface area contributed by atoms with E-state index in [1.807, 2.05) is 55.5 Å². The topological polar surface area (TPSA) is 53.6 Å². The van der Waals surface area contributed by atoms with Crippen LogP contribution in [-0.4, -0.2) is 12.5 Å². The zero-order valence-corrected chi connectivity index (χ0v) is 11.6. The predicted molar refractivity (Wildman–Crippen MR) is 80.0 cm³/mol. The van der Waals surface area contributed by atoms with Crippen LogP contribution in [0.4, 0.5) is 11.4 Å². The van der Waals surface area contributed by atoms with Crippen molar-refractivity contribution in [3.8, 4) is 5.75 Å². The third kappa shape index (κ3) is 1.52. The Morgan fingerprint density at radius 3 is 2.76 bits per heavy atom. The molecule has 2 aliphatic rings. The molecule has 106 valence electrons. The Hall–Kier alpha value is -2.53. The summed E-state index contributed by atoms with van der Waals surface area (Å²) in [5, 5.41) is 0. The molecule has 4 rings (SSSR count). The zero-order chi connectivity index (χ0) is 14.4. The number of hydrazine groups is 1. The number of anilines is 2. The SMILES string of the molecule is CCN1C(=O)[C@]2(NNc3ccccc3O2)c2ccccc21. The first-order valence-electron chi connectivity index (χ1n) is 6.99. The van der Waals surface area contributed by atoms with E-state index in [1.165, 1.54) is 0 Å². The zero-order valence-electron chi connectivity index (χ0n) is 11.6. The Balaban J connectivity index is 1.88. The second kappa shape index (κ2) is 4.23. The summed E-state index contributed by atoms with van der Waals surface area (Å²) in [7, 11) is 0. The number of carbonyl (C=O) groups excluding carboxylic acids is 1. The lowest BCUT2D eigenvalue weighted by Gasteiger charge is -2.35. The fourth-order valence-corrected chi connectivity index (χ4v) is 2.96. The molecule has 0 aliphatic carbocycles. The number of para-hydroxylation sites is 3. The van der Waals surface area contributed by atoms with E-state index in [1.54, 1.807) is 4.90 Å². The summed E-state index contributed by atoms with van der Waals surface area (Å²) in [6, 6.07) is 15.3. The minimum absolute atomic E-state index is 0.104. The Morgan fingerprint density at radius 2 is 1.90 bits per heavy atom. The molecule has 21 heavy (non-hydrogen) atoms. The number of likely N-dealkylation sites (N-methyl/N-ethyl adjacent to an activating group) is 1. The van der Waals surface area contributed by atoms with E-state index < -0.39 is 5.72 Å². The van der Waals surface area contributed by atoms with Crippen molar-refractivity contribution in [2.45, 2.75) is 12.6 Å². The summed E-state index contributed by atoms with van der Waals surface area (Å²) < 4.78 is 6.09. The highest BCUT2D eigenvalue weighted by molar-refractivity contribution is 6.07. The first-order chi connectivity index (χ1) is 10.3. The lowest BCUT2D eigenvalue weighted by atomic mass is 10.0. The number of benzene rings is 2. The normalized spacial score (nSPS) is 22.5. The molecule has 5 heteroatoms. The van der Waals surface area contributed by atoms with Crippen molar-refractivity contribution in [1.82, 2.24) is 5.43 Å². The quantitative estimate of drug-likeness (QED) is 0.841. The van der Waals surface area contributed by atoms with Crippen LogP contribution in [0.15, 0.2) is 48.5 Å². The van der Waals surface area contributed by atoms with Gasteiger partial charge in [0.1, 0.15) is 5.75 Å². The Bertz CT molecular complexity index is 731. The minimum atomic E-state index is -1.19. The number of amides is 1. The number of hydrogen-bond acceptors (Lipinski definition) is 4. The molecule has 2 N–H and O–H groups in total. The fraction of sp³-hybridized carbons (Fsp3) is 0.188. The van der Waals surface area contributed by atoms with Crippen LogP contribution in [0.3, 0.4) is 0 Å². The van der Waals surface area contributed by atoms with Crippen LogP contribution in [0.2, 0.25) is 0 Å². The maximum absolute atomic E-state index is 12.9. The van der Waals surface area contributed by atoms with Crippen LogP contribution >= 0.6 is 0 Å². The lowest BCUT2D eigenvalue weighted by molar-refractivity contribution is -0.136. The third-order valence-corrected chi connectivity index (χ3v) is 3.96. The van der Waals surface area contributed by atoms with Crippen LogP contribution in [0.1, 0.15) is 12.5 Å². The highest BCUT2D eigenvalue weighted by Gasteiger charge is 2.54. The van der Waals surface area contributed by atoms with Crippen molar-refractivity contribution >= 4 is 17.3 Å². The van der Waals surface area contributed by atoms with Crippen molar-refractivity contribution < 1.29 is 9.53 Å². The number of nitrogens with zero attached hydrogens (tertiary/aromatic N) is 1. The Labute approximate surface area is 122 Å². The number of ether oxygens (including phenoxy) is 1. The van der Waals surface area contributed by atoms with Crippen molar-refractivity contribution in [1.29, 1.82) is 0 Å². The van der Waals surface area contributed by atoms with Crippen LogP contribution in [0, 0.1) is 0 Å². The first-order valence-corrected chi connectivity index (χ1v) is 6.99. The van der Waals surface area contributed by atoms with Gasteiger partial charge in [0.05, 0.1) is 11.4 Å². The molecule has 5 nitrogen and oxygen atoms in total. The predicted octanol–water partition coefficient (Wildman–Crippen LogP) is 2.21. The van der Waals surface area contributed by atoms with Gasteiger partial charge in [-0.1, -0.05) is 30.3 Å². The molecule has 0 aromatic heterocycles. The van der Waals surface area contributed by atoms with E-state index in [-0.39, 0.29) is 5.91 Å². The van der Waals surface area contributed by atoms with E-state index >= 15 is 0 Å². The van der Waals surface area contributed by atoms with Gasteiger partial charge in [-0.3, -0.25) is 4.79 Å². The number of nitrogens with one attached hydrogen (secondary N) is 2. The van der Waals surface area contributed by atoms with Gasteiger partial charge < -0.3 is 15.1 Å². The smallest absolute Gasteiger partial charge is 0.293 e. The van der Waals surface area contributed by atoms with E-state index in [2.05, 4.69) is 10.9 Å². The molecule has 0 unspecified atom stereocenters. The van der Waals surface area contributed by atoms with Gasteiger partial charge >= 0.3 is 0 Å². The average molecular weight is 281 g/mol. The van der Waals surface area contributed by atoms with Gasteiger partial charge in [0.15, 0.2) is 0 Å². The van der Waals surface area contributed by atoms with E-state index in [0.29, 0.717) is 12.3 Å². The minimum Gasteiger partial charge on any atom is -0.455 e. The van der Waals surface area contributed by atoms with Crippen LogP contribution < -0.4 is 20.5 Å². The molecule has 1 spiro atoms. The maximum atomic E-state index is 12.9. The molecule has 2 heterocycles. The standard InChI is InChI=1S/C16H15N3O2/c1-2-19-13-9-5-3-7-11(13)16(15(19)20)18-17-12-8-4-6-10-14(12)21-16/h3-10,17-18H,2H2,1H3/t16-/m0/s1. The molecule has 1 amide bonds. The van der Waals surface area contributed by atoms with Crippen LogP contribution in [0.25, 0.3) is 0 Å². The molecular formula is C16H15N3O2. The number of rotatable bonds is 1. The van der Waals surface area contributed by atoms with Gasteiger partial charge in [-0.05, 0) is 25.1 Å². The van der Waals surface area contributed by atoms with E-state index in [9.17, 15) is 4.79 Å². The van der Waals surface area contributed by atoms with Crippen molar-refractivity contribution in [3.05, 3.63) is 54.1 Å². The molecule has 2 aliphatic heterocycles. The summed E-state index contributed by atoms with van der Waals surface area (Å²) in [5.41, 5.74) is 7.50. The van der Waals surface area contributed by atoms with Gasteiger partial charge in [0, 0.05) is 12.1 Å². The third-order valence-electron chi connectivity index (χ3n) is 3.96. The number of fused-ring (bicyclic) bond motifs is 3. The summed E-state index contributed by atoms with van der Waals surface area (Å²) >= 11 is 0. The lowest BCUT2D eigenvalue weighted by Crippen LogP contribution is -2.58. The van der Waals surface area contributed by atoms with Crippen LogP contribution in [0.5, 0.6) is 5.75 Å². The molecule has 0 saturated heterocycles. The van der Waals surface area contributed by atoms with Gasteiger partial charge in [-0.2, -0.15) is 5.43 Å². The van der Waals surface area contributed by atoms with Gasteiger partial charge in [-0.25, -0.2) is 0 Å². The summed E-state index contributed by atoms with van der Waals surface area (Å²) in [6.45, 7) is 2.56. The highest BCUT2D eigenvalue weighted by Crippen LogP contribution is 2.44. The maximum Gasteiger partial charge on any atom is 0.293 e. The van der Waals surface area contributed by atoms with E-state index in [4.69, 9.17) is 4.74 Å². The monoisotopic (exact) mass is 281 g/mol. The van der Waals surface area contributed by atoms with Crippen LogP contribution in [-0.2, 0) is 10.5 Å². The van der Waals surface area contributed by atoms with Crippen molar-refractivity contribution in [3.63, 3.8) is 0 Å². The second-order valence-electron chi connectivity index (χ2n) is 5.10. The Morgan fingerprint density at radius 1 is 1.14 bits per heavy atom. The first kappa shape index (κ1) is 12.2. The molecular weight excluding hydrogens is 266 g/mol. The summed E-state index contributed by atoms with van der Waals surface area (Å²) in [6.07, 6.45) is 0. The number of hydrogen-bond donors (Lipinski definition) is 2. The molecule has 0 radical (unpaired) electrons.